The van der Waals surface area contributed by atoms with Crippen molar-refractivity contribution in [3.05, 3.63) is 197 Å². The number of alkyl halides is 1. The molecule has 9 rings (SSSR count). The summed E-state index contributed by atoms with van der Waals surface area (Å²) in [5.41, 5.74) is 21.7. The van der Waals surface area contributed by atoms with Crippen LogP contribution in [-0.2, 0) is 19.4 Å². The van der Waals surface area contributed by atoms with Gasteiger partial charge in [0.2, 0.25) is 23.9 Å². The number of halogens is 3. The molecule has 6 aromatic carbocycles. The number of ether oxygens (including phenoxy) is 3. The minimum Gasteiger partial charge on any atom is -0.452 e. The third kappa shape index (κ3) is 9.70. The van der Waals surface area contributed by atoms with Gasteiger partial charge < -0.3 is 31.4 Å². The van der Waals surface area contributed by atoms with Gasteiger partial charge in [-0.05, 0) is 54.6 Å². The van der Waals surface area contributed by atoms with Crippen molar-refractivity contribution < 1.29 is 28.6 Å². The van der Waals surface area contributed by atoms with E-state index in [9.17, 15) is 14.4 Å². The highest BCUT2D eigenvalue weighted by Crippen LogP contribution is 2.45. The maximum Gasteiger partial charge on any atom is 0.263 e. The van der Waals surface area contributed by atoms with Crippen molar-refractivity contribution in [2.75, 3.05) is 28.5 Å². The number of rotatable bonds is 9. The highest BCUT2D eigenvalue weighted by atomic mass is 35.5. The molecule has 0 aromatic heterocycles. The summed E-state index contributed by atoms with van der Waals surface area (Å²) in [7, 11) is 0. The molecule has 0 spiro atoms. The molecule has 6 N–H and O–H groups in total. The van der Waals surface area contributed by atoms with Crippen molar-refractivity contribution in [2.45, 2.75) is 17.6 Å². The van der Waals surface area contributed by atoms with Crippen molar-refractivity contribution in [1.82, 2.24) is 9.06 Å². The number of hydrogen-bond donors (Lipinski definition) is 3. The van der Waals surface area contributed by atoms with E-state index in [2.05, 4.69) is 5.10 Å². The van der Waals surface area contributed by atoms with E-state index >= 15 is 0 Å². The van der Waals surface area contributed by atoms with Crippen LogP contribution >= 0.6 is 35.2 Å². The first-order valence-electron chi connectivity index (χ1n) is 19.2. The molecule has 3 aliphatic rings. The molecule has 3 heterocycles. The van der Waals surface area contributed by atoms with Gasteiger partial charge in [-0.25, -0.2) is 10.0 Å². The molecule has 2 fully saturated rings. The highest BCUT2D eigenvalue weighted by molar-refractivity contribution is 6.26. The number of benzene rings is 6. The number of nitrogens with two attached hydrogens (primary N) is 3. The summed E-state index contributed by atoms with van der Waals surface area (Å²) in [4.78, 5) is 34.8. The molecule has 0 aliphatic carbocycles. The summed E-state index contributed by atoms with van der Waals surface area (Å²) < 4.78 is 19.7. The summed E-state index contributed by atoms with van der Waals surface area (Å²) in [6, 6.07) is 49.5. The largest absolute Gasteiger partial charge is 0.452 e. The summed E-state index contributed by atoms with van der Waals surface area (Å²) in [6.07, 6.45) is 0.393. The van der Waals surface area contributed by atoms with E-state index in [1.807, 2.05) is 115 Å². The second-order valence-electron chi connectivity index (χ2n) is 13.7. The summed E-state index contributed by atoms with van der Waals surface area (Å²) in [5, 5.41) is 7.81. The Bertz CT molecular complexity index is 2570. The number of amides is 3. The second kappa shape index (κ2) is 20.0. The van der Waals surface area contributed by atoms with Crippen LogP contribution in [0, 0.1) is 0 Å². The quantitative estimate of drug-likeness (QED) is 0.0728. The van der Waals surface area contributed by atoms with Crippen LogP contribution in [0.15, 0.2) is 169 Å². The Balaban J connectivity index is 0.000000142. The van der Waals surface area contributed by atoms with Gasteiger partial charge in [0.15, 0.2) is 12.6 Å². The first-order valence-corrected chi connectivity index (χ1v) is 20.2. The molecule has 0 radical (unpaired) electrons. The molecule has 15 nitrogen and oxygen atoms in total. The number of hydrazine groups is 2. The Morgan fingerprint density at radius 1 is 0.556 bits per heavy atom. The molecule has 3 atom stereocenters. The molecule has 2 saturated heterocycles. The van der Waals surface area contributed by atoms with Gasteiger partial charge in [-0.15, -0.1) is 14.2 Å². The molecule has 3 unspecified atom stereocenters. The number of primary amides is 3. The van der Waals surface area contributed by atoms with Gasteiger partial charge in [-0.3, -0.25) is 19.4 Å². The molecular formula is C45H40Cl3N9O6. The molecule has 322 valence electrons. The van der Waals surface area contributed by atoms with Crippen molar-refractivity contribution in [3.63, 3.8) is 0 Å². The van der Waals surface area contributed by atoms with E-state index < -0.39 is 35.4 Å². The maximum atomic E-state index is 11.7. The molecule has 3 amide bonds. The topological polar surface area (TPSA) is 186 Å². The lowest BCUT2D eigenvalue weighted by Gasteiger charge is -2.34. The van der Waals surface area contributed by atoms with Gasteiger partial charge in [0, 0.05) is 56.9 Å². The van der Waals surface area contributed by atoms with Gasteiger partial charge >= 0.3 is 0 Å². The van der Waals surface area contributed by atoms with Gasteiger partial charge in [-0.2, -0.15) is 0 Å². The average molecular weight is 909 g/mol. The van der Waals surface area contributed by atoms with Gasteiger partial charge in [-0.1, -0.05) is 121 Å². The van der Waals surface area contributed by atoms with Crippen molar-refractivity contribution in [2.24, 2.45) is 22.3 Å². The zero-order chi connectivity index (χ0) is 44.5. The van der Waals surface area contributed by atoms with Crippen LogP contribution in [0.5, 0.6) is 0 Å². The Labute approximate surface area is 378 Å². The summed E-state index contributed by atoms with van der Waals surface area (Å²) in [5.74, 6) is -1.56. The van der Waals surface area contributed by atoms with E-state index in [0.717, 1.165) is 17.1 Å². The van der Waals surface area contributed by atoms with E-state index in [1.54, 1.807) is 63.6 Å². The SMILES string of the molecule is NC(=O)c1ccccc1C1(Cl)OCN(Cl)N1c1ccccc1.NC(=O)c1ccccc1C1OC=NN1c1ccccc1.NC(=O)c1ccccc1C1OCN(Cl)N1c1ccccc1. The van der Waals surface area contributed by atoms with Crippen LogP contribution in [0.1, 0.15) is 60.2 Å². The molecule has 63 heavy (non-hydrogen) atoms. The lowest BCUT2D eigenvalue weighted by atomic mass is 10.0. The first-order chi connectivity index (χ1) is 30.5. The lowest BCUT2D eigenvalue weighted by molar-refractivity contribution is 0.0666. The fourth-order valence-corrected chi connectivity index (χ4v) is 7.88. The van der Waals surface area contributed by atoms with Gasteiger partial charge in [0.05, 0.1) is 17.1 Å². The normalized spacial score (nSPS) is 19.4. The Kier molecular flexibility index (Phi) is 14.1. The Hall–Kier alpha value is -6.69. The third-order valence-electron chi connectivity index (χ3n) is 9.78. The summed E-state index contributed by atoms with van der Waals surface area (Å²) in [6.45, 7) is 0.279. The van der Waals surface area contributed by atoms with Crippen molar-refractivity contribution in [3.8, 4) is 0 Å². The predicted octanol–water partition coefficient (Wildman–Crippen LogP) is 7.91. The standard InChI is InChI=1S/C15H13Cl2N3O2.C15H14ClN3O2.C15H13N3O2/c16-15(13-9-5-4-8-12(13)14(18)21)20(19(17)10-22-15)11-6-2-1-3-7-11;16-18-10-21-15(19(18)11-6-2-1-3-7-11)13-9-5-4-8-12(13)14(17)20;16-14(19)12-8-4-5-9-13(12)15-18(17-10-20-15)11-6-2-1-3-7-11/h1-9H,10H2,(H2,18,21);1-9,15H,10H2,(H2,17,20);1-10,15H,(H2,16,19). The highest BCUT2D eigenvalue weighted by Gasteiger charge is 2.49. The van der Waals surface area contributed by atoms with Crippen LogP contribution in [0.2, 0.25) is 0 Å². The number of anilines is 3. The fourth-order valence-electron chi connectivity index (χ4n) is 6.97. The fraction of sp³-hybridized carbons (Fsp3) is 0.111. The average Bonchev–Trinajstić information content (AvgIpc) is 4.04. The van der Waals surface area contributed by atoms with Crippen LogP contribution in [0.4, 0.5) is 17.1 Å². The number of para-hydroxylation sites is 3. The zero-order valence-electron chi connectivity index (χ0n) is 33.2. The van der Waals surface area contributed by atoms with Gasteiger partial charge in [0.1, 0.15) is 13.5 Å². The van der Waals surface area contributed by atoms with E-state index in [0.29, 0.717) is 27.8 Å². The van der Waals surface area contributed by atoms with Crippen LogP contribution in [-0.4, -0.2) is 46.6 Å². The maximum absolute atomic E-state index is 11.7. The van der Waals surface area contributed by atoms with Crippen LogP contribution < -0.4 is 32.2 Å². The van der Waals surface area contributed by atoms with Crippen LogP contribution in [0.25, 0.3) is 0 Å². The van der Waals surface area contributed by atoms with E-state index in [-0.39, 0.29) is 19.0 Å². The van der Waals surface area contributed by atoms with E-state index in [1.165, 1.54) is 15.5 Å². The number of carbonyl (C=O) groups excluding carboxylic acids is 3. The Morgan fingerprint density at radius 2 is 1.02 bits per heavy atom. The second-order valence-corrected chi connectivity index (χ2v) is 15.0. The molecule has 3 aliphatic heterocycles. The van der Waals surface area contributed by atoms with Crippen molar-refractivity contribution in [1.29, 1.82) is 0 Å². The molecule has 18 heteroatoms. The lowest BCUT2D eigenvalue weighted by Crippen LogP contribution is -2.43. The third-order valence-corrected chi connectivity index (χ3v) is 10.8. The minimum absolute atomic E-state index is 0.0625. The van der Waals surface area contributed by atoms with Crippen LogP contribution in [0.3, 0.4) is 0 Å². The number of hydrogen-bond acceptors (Lipinski definition) is 12. The molecule has 6 aromatic rings. The van der Waals surface area contributed by atoms with Gasteiger partial charge in [0.25, 0.3) is 5.18 Å². The summed E-state index contributed by atoms with van der Waals surface area (Å²) >= 11 is 19.1. The minimum atomic E-state index is -1.45. The number of hydrazone groups is 1. The zero-order valence-corrected chi connectivity index (χ0v) is 35.5. The molecule has 0 bridgehead atoms. The van der Waals surface area contributed by atoms with E-state index in [4.69, 9.17) is 66.6 Å². The predicted molar refractivity (Wildman–Crippen MR) is 242 cm³/mol. The Morgan fingerprint density at radius 3 is 1.57 bits per heavy atom. The molecule has 0 saturated carbocycles. The van der Waals surface area contributed by atoms with Crippen molar-refractivity contribution >= 4 is 76.3 Å². The monoisotopic (exact) mass is 907 g/mol. The number of nitrogens with zero attached hydrogens (tertiary/aromatic N) is 6. The molecular weight excluding hydrogens is 869 g/mol. The number of carbonyl (C=O) groups is 3. The smallest absolute Gasteiger partial charge is 0.263 e. The first kappa shape index (κ1) is 44.4.